The van der Waals surface area contributed by atoms with Gasteiger partial charge in [-0.1, -0.05) is 44.9 Å². The molecule has 0 saturated carbocycles. The Morgan fingerprint density at radius 1 is 1.20 bits per heavy atom. The maximum atomic E-state index is 13.3. The number of H-pyrrole nitrogens is 1. The maximum Gasteiger partial charge on any atom is 0.330 e. The zero-order chi connectivity index (χ0) is 22.4. The van der Waals surface area contributed by atoms with Crippen LogP contribution in [-0.4, -0.2) is 28.1 Å². The van der Waals surface area contributed by atoms with Gasteiger partial charge in [-0.2, -0.15) is 0 Å². The van der Waals surface area contributed by atoms with E-state index in [1.54, 1.807) is 19.1 Å². The van der Waals surface area contributed by atoms with Gasteiger partial charge in [0, 0.05) is 13.1 Å². The Labute approximate surface area is 176 Å². The van der Waals surface area contributed by atoms with Crippen LogP contribution in [0.25, 0.3) is 0 Å². The fourth-order valence-corrected chi connectivity index (χ4v) is 3.12. The number of ether oxygens (including phenoxy) is 1. The summed E-state index contributed by atoms with van der Waals surface area (Å²) in [5.41, 5.74) is 6.03. The predicted octanol–water partition coefficient (Wildman–Crippen LogP) is 2.68. The lowest BCUT2D eigenvalue weighted by atomic mass is 10.1. The molecule has 1 atom stereocenters. The summed E-state index contributed by atoms with van der Waals surface area (Å²) in [5.74, 6) is 0.215. The van der Waals surface area contributed by atoms with Crippen molar-refractivity contribution in [3.8, 4) is 5.75 Å². The second-order valence-corrected chi connectivity index (χ2v) is 7.91. The average Bonchev–Trinajstić information content (AvgIpc) is 2.67. The molecule has 1 heterocycles. The number of unbranched alkanes of at least 4 members (excludes halogenated alkanes) is 1. The minimum atomic E-state index is -0.846. The second kappa shape index (κ2) is 10.1. The maximum absolute atomic E-state index is 13.3. The summed E-state index contributed by atoms with van der Waals surface area (Å²) in [6.07, 6.45) is 0.734. The van der Waals surface area contributed by atoms with E-state index in [1.165, 1.54) is 9.47 Å². The topological polar surface area (TPSA) is 110 Å². The van der Waals surface area contributed by atoms with E-state index >= 15 is 0 Å². The molecular weight excluding hydrogens is 384 g/mol. The molecular formula is C22H32N4O4. The highest BCUT2D eigenvalue weighted by atomic mass is 16.5. The molecule has 164 valence electrons. The quantitative estimate of drug-likeness (QED) is 0.653. The molecule has 1 aromatic heterocycles. The molecule has 1 amide bonds. The molecule has 8 heteroatoms. The van der Waals surface area contributed by atoms with Gasteiger partial charge in [-0.05, 0) is 38.3 Å². The van der Waals surface area contributed by atoms with Crippen LogP contribution in [0.5, 0.6) is 5.75 Å². The molecule has 0 saturated heterocycles. The Morgan fingerprint density at radius 3 is 2.40 bits per heavy atom. The van der Waals surface area contributed by atoms with Crippen LogP contribution in [0.15, 0.2) is 33.9 Å². The molecule has 0 aliphatic heterocycles. The number of aryl methyl sites for hydroxylation is 1. The summed E-state index contributed by atoms with van der Waals surface area (Å²) in [4.78, 5) is 41.8. The van der Waals surface area contributed by atoms with Crippen molar-refractivity contribution in [2.45, 2.75) is 60.1 Å². The van der Waals surface area contributed by atoms with Crippen LogP contribution in [0.2, 0.25) is 0 Å². The van der Waals surface area contributed by atoms with Crippen LogP contribution >= 0.6 is 0 Å². The first kappa shape index (κ1) is 23.3. The molecule has 0 fully saturated rings. The molecule has 1 aromatic carbocycles. The van der Waals surface area contributed by atoms with Gasteiger partial charge in [0.15, 0.2) is 11.8 Å². The summed E-state index contributed by atoms with van der Waals surface area (Å²) in [6.45, 7) is 10.1. The molecule has 1 unspecified atom stereocenters. The average molecular weight is 417 g/mol. The number of aromatic amines is 1. The lowest BCUT2D eigenvalue weighted by Crippen LogP contribution is -2.47. The van der Waals surface area contributed by atoms with E-state index in [9.17, 15) is 14.4 Å². The number of benzene rings is 1. The first-order chi connectivity index (χ1) is 14.1. The lowest BCUT2D eigenvalue weighted by Gasteiger charge is -2.28. The van der Waals surface area contributed by atoms with Gasteiger partial charge in [-0.25, -0.2) is 4.79 Å². The minimum Gasteiger partial charge on any atom is -0.481 e. The van der Waals surface area contributed by atoms with Crippen molar-refractivity contribution in [1.82, 2.24) is 9.55 Å². The van der Waals surface area contributed by atoms with Crippen molar-refractivity contribution < 1.29 is 9.53 Å². The number of aromatic nitrogens is 2. The third kappa shape index (κ3) is 5.52. The third-order valence-corrected chi connectivity index (χ3v) is 4.71. The molecule has 0 aliphatic rings. The van der Waals surface area contributed by atoms with Gasteiger partial charge >= 0.3 is 5.69 Å². The van der Waals surface area contributed by atoms with Gasteiger partial charge in [-0.15, -0.1) is 0 Å². The molecule has 2 aromatic rings. The number of anilines is 2. The lowest BCUT2D eigenvalue weighted by molar-refractivity contribution is -0.124. The van der Waals surface area contributed by atoms with Crippen molar-refractivity contribution >= 4 is 17.4 Å². The highest BCUT2D eigenvalue weighted by Gasteiger charge is 2.29. The number of amides is 1. The Kier molecular flexibility index (Phi) is 7.86. The van der Waals surface area contributed by atoms with E-state index in [2.05, 4.69) is 4.98 Å². The number of nitrogens with one attached hydrogen (secondary N) is 1. The van der Waals surface area contributed by atoms with Gasteiger partial charge in [0.1, 0.15) is 11.6 Å². The minimum absolute atomic E-state index is 0.00580. The smallest absolute Gasteiger partial charge is 0.330 e. The monoisotopic (exact) mass is 416 g/mol. The van der Waals surface area contributed by atoms with Crippen molar-refractivity contribution in [3.05, 3.63) is 50.7 Å². The number of hydrogen-bond acceptors (Lipinski definition) is 5. The molecule has 0 spiro atoms. The molecule has 30 heavy (non-hydrogen) atoms. The van der Waals surface area contributed by atoms with Gasteiger partial charge in [0.2, 0.25) is 0 Å². The van der Waals surface area contributed by atoms with Crippen LogP contribution in [0.1, 0.15) is 46.1 Å². The second-order valence-electron chi connectivity index (χ2n) is 7.91. The number of nitrogens with two attached hydrogens (primary N) is 1. The van der Waals surface area contributed by atoms with E-state index in [4.69, 9.17) is 10.5 Å². The zero-order valence-corrected chi connectivity index (χ0v) is 18.4. The van der Waals surface area contributed by atoms with Crippen LogP contribution in [-0.2, 0) is 11.3 Å². The summed E-state index contributed by atoms with van der Waals surface area (Å²) >= 11 is 0. The van der Waals surface area contributed by atoms with E-state index in [0.29, 0.717) is 12.3 Å². The van der Waals surface area contributed by atoms with E-state index < -0.39 is 23.3 Å². The first-order valence-corrected chi connectivity index (χ1v) is 10.3. The molecule has 0 aliphatic carbocycles. The largest absolute Gasteiger partial charge is 0.481 e. The summed E-state index contributed by atoms with van der Waals surface area (Å²) in [7, 11) is 0. The van der Waals surface area contributed by atoms with E-state index in [-0.39, 0.29) is 24.0 Å². The van der Waals surface area contributed by atoms with Crippen LogP contribution in [0.3, 0.4) is 0 Å². The Balaban J connectivity index is 2.43. The molecule has 0 radical (unpaired) electrons. The third-order valence-electron chi connectivity index (χ3n) is 4.71. The summed E-state index contributed by atoms with van der Waals surface area (Å²) in [6, 6.07) is 7.37. The van der Waals surface area contributed by atoms with Gasteiger partial charge in [0.25, 0.3) is 11.5 Å². The highest BCUT2D eigenvalue weighted by molar-refractivity contribution is 5.98. The van der Waals surface area contributed by atoms with Crippen molar-refractivity contribution in [1.29, 1.82) is 0 Å². The Hall–Kier alpha value is -3.03. The number of nitrogen functional groups attached to an aromatic ring is 1. The van der Waals surface area contributed by atoms with Crippen molar-refractivity contribution in [2.24, 2.45) is 5.92 Å². The highest BCUT2D eigenvalue weighted by Crippen LogP contribution is 2.21. The number of hydrogen-bond donors (Lipinski definition) is 2. The van der Waals surface area contributed by atoms with Crippen LogP contribution < -0.4 is 26.6 Å². The number of nitrogens with zero attached hydrogens (tertiary/aromatic N) is 2. The fourth-order valence-electron chi connectivity index (χ4n) is 3.12. The number of carbonyl (C=O) groups is 1. The normalized spacial score (nSPS) is 12.1. The zero-order valence-electron chi connectivity index (χ0n) is 18.4. The summed E-state index contributed by atoms with van der Waals surface area (Å²) in [5, 5.41) is 0. The Morgan fingerprint density at radius 2 is 1.83 bits per heavy atom. The van der Waals surface area contributed by atoms with E-state index in [1.807, 2.05) is 39.8 Å². The molecule has 2 rings (SSSR count). The standard InChI is InChI=1S/C22H32N4O4/c1-6-7-12-25-19(23)18(20(27)24-22(25)29)26(13-14(2)3)21(28)16(5)30-17-10-8-15(4)9-11-17/h8-11,14,16H,6-7,12-13,23H2,1-5H3,(H,24,27,29). The number of rotatable bonds is 9. The number of carbonyl (C=O) groups excluding carboxylic acids is 1. The molecule has 3 N–H and O–H groups in total. The van der Waals surface area contributed by atoms with Crippen molar-refractivity contribution in [2.75, 3.05) is 17.2 Å². The Bertz CT molecular complexity index is 976. The summed E-state index contributed by atoms with van der Waals surface area (Å²) < 4.78 is 7.11. The van der Waals surface area contributed by atoms with Crippen LogP contribution in [0.4, 0.5) is 11.5 Å². The SMILES string of the molecule is CCCCn1c(N)c(N(CC(C)C)C(=O)C(C)Oc2ccc(C)cc2)c(=O)[nH]c1=O. The first-order valence-electron chi connectivity index (χ1n) is 10.3. The fraction of sp³-hybridized carbons (Fsp3) is 0.500. The van der Waals surface area contributed by atoms with E-state index in [0.717, 1.165) is 18.4 Å². The predicted molar refractivity (Wildman–Crippen MR) is 119 cm³/mol. The van der Waals surface area contributed by atoms with Crippen molar-refractivity contribution in [3.63, 3.8) is 0 Å². The van der Waals surface area contributed by atoms with Crippen LogP contribution in [0, 0.1) is 12.8 Å². The molecule has 8 nitrogen and oxygen atoms in total. The van der Waals surface area contributed by atoms with Gasteiger partial charge < -0.3 is 15.4 Å². The molecule has 0 bridgehead atoms. The van der Waals surface area contributed by atoms with Gasteiger partial charge in [-0.3, -0.25) is 19.1 Å². The van der Waals surface area contributed by atoms with Gasteiger partial charge in [0.05, 0.1) is 0 Å².